The average Bonchev–Trinajstić information content (AvgIpc) is 3.27. The first-order valence-electron chi connectivity index (χ1n) is 12.8. The van der Waals surface area contributed by atoms with Crippen molar-refractivity contribution in [2.24, 2.45) is 5.73 Å². The van der Waals surface area contributed by atoms with Crippen molar-refractivity contribution in [3.8, 4) is 16.9 Å². The minimum atomic E-state index is -4.75. The predicted molar refractivity (Wildman–Crippen MR) is 149 cm³/mol. The van der Waals surface area contributed by atoms with E-state index < -0.39 is 6.36 Å². The van der Waals surface area contributed by atoms with E-state index in [0.29, 0.717) is 25.2 Å². The molecule has 39 heavy (non-hydrogen) atoms. The van der Waals surface area contributed by atoms with Crippen LogP contribution in [-0.2, 0) is 13.0 Å². The number of unbranched alkanes of at least 4 members (excludes halogenated alkanes) is 1. The first-order valence-corrected chi connectivity index (χ1v) is 13.2. The van der Waals surface area contributed by atoms with Gasteiger partial charge in [-0.2, -0.15) is 0 Å². The lowest BCUT2D eigenvalue weighted by Crippen LogP contribution is -2.27. The normalized spacial score (nSPS) is 11.6. The highest BCUT2D eigenvalue weighted by Crippen LogP contribution is 2.34. The number of carbonyl (C=O) groups is 1. The summed E-state index contributed by atoms with van der Waals surface area (Å²) in [5.74, 6) is -0.380. The second-order valence-corrected chi connectivity index (χ2v) is 9.86. The fourth-order valence-electron chi connectivity index (χ4n) is 4.63. The van der Waals surface area contributed by atoms with Crippen LogP contribution in [0, 0.1) is 0 Å². The summed E-state index contributed by atoms with van der Waals surface area (Å²) in [6.07, 6.45) is 0.549. The number of hydrogen-bond donors (Lipinski definition) is 1. The van der Waals surface area contributed by atoms with E-state index in [9.17, 15) is 18.0 Å². The second kappa shape index (κ2) is 12.6. The molecule has 0 atom stereocenters. The molecular weight excluding hydrogens is 527 g/mol. The minimum Gasteiger partial charge on any atom is -0.406 e. The van der Waals surface area contributed by atoms with Crippen LogP contribution in [0.5, 0.6) is 5.75 Å². The van der Waals surface area contributed by atoms with Crippen LogP contribution >= 0.6 is 11.6 Å². The minimum absolute atomic E-state index is 0.0933. The number of benzene rings is 3. The number of nitrogens with zero attached hydrogens (tertiary/aromatic N) is 2. The van der Waals surface area contributed by atoms with Gasteiger partial charge in [-0.3, -0.25) is 4.79 Å². The van der Waals surface area contributed by atoms with Crippen molar-refractivity contribution in [1.29, 1.82) is 0 Å². The Morgan fingerprint density at radius 2 is 1.77 bits per heavy atom. The van der Waals surface area contributed by atoms with Gasteiger partial charge in [0.25, 0.3) is 5.91 Å². The maximum atomic E-state index is 13.3. The Hall–Kier alpha value is -3.49. The molecule has 9 heteroatoms. The van der Waals surface area contributed by atoms with Gasteiger partial charge in [0, 0.05) is 53.4 Å². The number of alkyl halides is 3. The van der Waals surface area contributed by atoms with Crippen LogP contribution in [0.15, 0.2) is 72.9 Å². The van der Waals surface area contributed by atoms with Crippen LogP contribution in [0.25, 0.3) is 22.0 Å². The molecule has 0 aliphatic heterocycles. The molecule has 0 unspecified atom stereocenters. The number of hydrogen-bond acceptors (Lipinski definition) is 3. The monoisotopic (exact) mass is 557 g/mol. The van der Waals surface area contributed by atoms with E-state index in [0.717, 1.165) is 58.3 Å². The lowest BCUT2D eigenvalue weighted by molar-refractivity contribution is -0.274. The first kappa shape index (κ1) is 28.5. The van der Waals surface area contributed by atoms with Crippen LogP contribution in [0.3, 0.4) is 0 Å². The first-order chi connectivity index (χ1) is 18.7. The number of fused-ring (bicyclic) bond motifs is 1. The molecule has 0 aliphatic rings. The summed E-state index contributed by atoms with van der Waals surface area (Å²) in [7, 11) is 1.79. The Balaban J connectivity index is 1.52. The Kier molecular flexibility index (Phi) is 9.20. The summed E-state index contributed by atoms with van der Waals surface area (Å²) in [6.45, 7) is 1.81. The van der Waals surface area contributed by atoms with E-state index in [1.165, 1.54) is 12.1 Å². The topological polar surface area (TPSA) is 60.5 Å². The molecule has 1 amide bonds. The number of nitrogens with two attached hydrogens (primary N) is 1. The molecule has 3 aromatic carbocycles. The maximum Gasteiger partial charge on any atom is 0.573 e. The van der Waals surface area contributed by atoms with Crippen LogP contribution in [-0.4, -0.2) is 41.9 Å². The van der Waals surface area contributed by atoms with Gasteiger partial charge >= 0.3 is 6.36 Å². The van der Waals surface area contributed by atoms with E-state index in [2.05, 4.69) is 9.30 Å². The quantitative estimate of drug-likeness (QED) is 0.197. The summed E-state index contributed by atoms with van der Waals surface area (Å²) >= 11 is 6.24. The number of halogens is 4. The number of rotatable bonds is 11. The third-order valence-corrected chi connectivity index (χ3v) is 6.99. The molecule has 4 rings (SSSR count). The lowest BCUT2D eigenvalue weighted by atomic mass is 10.0. The third kappa shape index (κ3) is 7.34. The molecule has 206 valence electrons. The number of ether oxygens (including phenoxy) is 1. The van der Waals surface area contributed by atoms with Crippen LogP contribution in [0.4, 0.5) is 13.2 Å². The van der Waals surface area contributed by atoms with Gasteiger partial charge in [0.2, 0.25) is 0 Å². The van der Waals surface area contributed by atoms with E-state index in [4.69, 9.17) is 17.3 Å². The molecule has 0 saturated carbocycles. The molecule has 2 N–H and O–H groups in total. The van der Waals surface area contributed by atoms with Crippen molar-refractivity contribution in [1.82, 2.24) is 9.47 Å². The fraction of sp³-hybridized carbons (Fsp3) is 0.300. The predicted octanol–water partition coefficient (Wildman–Crippen LogP) is 7.30. The van der Waals surface area contributed by atoms with Gasteiger partial charge in [0.05, 0.1) is 0 Å². The zero-order valence-electron chi connectivity index (χ0n) is 21.7. The summed E-state index contributed by atoms with van der Waals surface area (Å²) in [5.41, 5.74) is 9.83. The smallest absolute Gasteiger partial charge is 0.406 e. The SMILES string of the molecule is CN(CCCCc1ccccc1Cl)C(=O)c1ccc2c(c1)c(-c1ccc(OC(F)(F)F)cc1)cn2CCCN. The molecule has 1 heterocycles. The van der Waals surface area contributed by atoms with Crippen molar-refractivity contribution in [3.63, 3.8) is 0 Å². The lowest BCUT2D eigenvalue weighted by Gasteiger charge is -2.17. The number of aromatic nitrogens is 1. The molecule has 4 aromatic rings. The van der Waals surface area contributed by atoms with Gasteiger partial charge < -0.3 is 19.9 Å². The largest absolute Gasteiger partial charge is 0.573 e. The standard InChI is InChI=1S/C30H31ClF3N3O2/c1-36(17-5-4-8-22-7-2-3-9-27(22)31)29(38)23-12-15-28-25(19-23)26(20-37(28)18-6-16-35)21-10-13-24(14-11-21)39-30(32,33)34/h2-3,7,9-15,19-20H,4-6,8,16-18,35H2,1H3. The Bertz CT molecular complexity index is 1420. The van der Waals surface area contributed by atoms with Gasteiger partial charge in [-0.05, 0) is 79.8 Å². The molecule has 0 fully saturated rings. The Morgan fingerprint density at radius 1 is 1.03 bits per heavy atom. The summed E-state index contributed by atoms with van der Waals surface area (Å²) in [4.78, 5) is 15.0. The zero-order valence-corrected chi connectivity index (χ0v) is 22.4. The molecule has 5 nitrogen and oxygen atoms in total. The van der Waals surface area contributed by atoms with E-state index in [-0.39, 0.29) is 11.7 Å². The van der Waals surface area contributed by atoms with Crippen molar-refractivity contribution < 1.29 is 22.7 Å². The number of aryl methyl sites for hydroxylation is 2. The molecule has 0 spiro atoms. The highest BCUT2D eigenvalue weighted by Gasteiger charge is 2.31. The van der Waals surface area contributed by atoms with Crippen molar-refractivity contribution in [2.75, 3.05) is 20.1 Å². The third-order valence-electron chi connectivity index (χ3n) is 6.62. The molecule has 0 aliphatic carbocycles. The van der Waals surface area contributed by atoms with Gasteiger partial charge in [0.1, 0.15) is 5.75 Å². The molecule has 0 saturated heterocycles. The second-order valence-electron chi connectivity index (χ2n) is 9.46. The van der Waals surface area contributed by atoms with Crippen molar-refractivity contribution >= 4 is 28.4 Å². The Morgan fingerprint density at radius 3 is 2.46 bits per heavy atom. The van der Waals surface area contributed by atoms with Crippen LogP contribution < -0.4 is 10.5 Å². The van der Waals surface area contributed by atoms with Crippen molar-refractivity contribution in [2.45, 2.75) is 38.6 Å². The van der Waals surface area contributed by atoms with Gasteiger partial charge in [-0.25, -0.2) is 0 Å². The van der Waals surface area contributed by atoms with Gasteiger partial charge in [-0.1, -0.05) is 41.9 Å². The molecular formula is C30H31ClF3N3O2. The maximum absolute atomic E-state index is 13.3. The Labute approximate surface area is 230 Å². The van der Waals surface area contributed by atoms with Gasteiger partial charge in [-0.15, -0.1) is 13.2 Å². The van der Waals surface area contributed by atoms with E-state index >= 15 is 0 Å². The highest BCUT2D eigenvalue weighted by molar-refractivity contribution is 6.31. The van der Waals surface area contributed by atoms with Crippen LogP contribution in [0.2, 0.25) is 5.02 Å². The summed E-state index contributed by atoms with van der Waals surface area (Å²) in [5, 5.41) is 1.60. The number of amides is 1. The van der Waals surface area contributed by atoms with Crippen LogP contribution in [0.1, 0.15) is 35.2 Å². The highest BCUT2D eigenvalue weighted by atomic mass is 35.5. The molecule has 0 bridgehead atoms. The van der Waals surface area contributed by atoms with E-state index in [1.807, 2.05) is 48.7 Å². The number of carbonyl (C=O) groups excluding carboxylic acids is 1. The average molecular weight is 558 g/mol. The molecule has 0 radical (unpaired) electrons. The zero-order chi connectivity index (χ0) is 28.0. The summed E-state index contributed by atoms with van der Waals surface area (Å²) in [6, 6.07) is 19.1. The fourth-order valence-corrected chi connectivity index (χ4v) is 4.86. The van der Waals surface area contributed by atoms with Gasteiger partial charge in [0.15, 0.2) is 0 Å². The molecule has 1 aromatic heterocycles. The van der Waals surface area contributed by atoms with E-state index in [1.54, 1.807) is 24.1 Å². The van der Waals surface area contributed by atoms with Crippen molar-refractivity contribution in [3.05, 3.63) is 89.1 Å². The summed E-state index contributed by atoms with van der Waals surface area (Å²) < 4.78 is 43.9.